The summed E-state index contributed by atoms with van der Waals surface area (Å²) >= 11 is 6.19. The van der Waals surface area contributed by atoms with E-state index in [1.807, 2.05) is 44.7 Å². The Balaban J connectivity index is 2.85. The number of carbonyl (C=O) groups excluding carboxylic acids is 1. The highest BCUT2D eigenvalue weighted by Crippen LogP contribution is 2.27. The zero-order chi connectivity index (χ0) is 15.3. The minimum Gasteiger partial charge on any atom is -0.395 e. The lowest BCUT2D eigenvalue weighted by Crippen LogP contribution is -2.43. The summed E-state index contributed by atoms with van der Waals surface area (Å²) in [5.74, 6) is -0.117. The lowest BCUT2D eigenvalue weighted by atomic mass is 10.1. The quantitative estimate of drug-likeness (QED) is 0.849. The number of nitrogens with zero attached hydrogens (tertiary/aromatic N) is 1. The van der Waals surface area contributed by atoms with Gasteiger partial charge in [-0.1, -0.05) is 24.6 Å². The van der Waals surface area contributed by atoms with Crippen LogP contribution in [0.25, 0.3) is 0 Å². The zero-order valence-electron chi connectivity index (χ0n) is 12.5. The van der Waals surface area contributed by atoms with Crippen molar-refractivity contribution < 1.29 is 9.90 Å². The molecule has 0 radical (unpaired) electrons. The van der Waals surface area contributed by atoms with Crippen LogP contribution in [0, 0.1) is 13.8 Å². The van der Waals surface area contributed by atoms with Gasteiger partial charge in [0.05, 0.1) is 23.4 Å². The molecule has 0 aliphatic heterocycles. The predicted octanol–water partition coefficient (Wildman–Crippen LogP) is 2.60. The predicted molar refractivity (Wildman–Crippen MR) is 83.4 cm³/mol. The normalized spacial score (nSPS) is 12.6. The van der Waals surface area contributed by atoms with Crippen LogP contribution in [-0.4, -0.2) is 41.7 Å². The van der Waals surface area contributed by atoms with Gasteiger partial charge in [-0.15, -0.1) is 0 Å². The fraction of sp³-hybridized carbons (Fsp3) is 0.533. The van der Waals surface area contributed by atoms with E-state index in [0.717, 1.165) is 11.1 Å². The van der Waals surface area contributed by atoms with Crippen molar-refractivity contribution in [2.45, 2.75) is 33.7 Å². The van der Waals surface area contributed by atoms with Gasteiger partial charge in [-0.2, -0.15) is 0 Å². The van der Waals surface area contributed by atoms with Crippen LogP contribution in [0.2, 0.25) is 5.02 Å². The third-order valence-corrected chi connectivity index (χ3v) is 3.70. The number of halogens is 1. The highest BCUT2D eigenvalue weighted by atomic mass is 35.5. The Labute approximate surface area is 125 Å². The fourth-order valence-electron chi connectivity index (χ4n) is 2.22. The number of aryl methyl sites for hydroxylation is 2. The number of aliphatic hydroxyl groups excluding tert-OH is 1. The van der Waals surface area contributed by atoms with Crippen molar-refractivity contribution in [2.24, 2.45) is 0 Å². The molecule has 1 rings (SSSR count). The highest BCUT2D eigenvalue weighted by Gasteiger charge is 2.21. The highest BCUT2D eigenvalue weighted by molar-refractivity contribution is 6.34. The minimum atomic E-state index is -0.316. The molecule has 4 nitrogen and oxygen atoms in total. The molecule has 1 unspecified atom stereocenters. The number of nitrogens with one attached hydrogen (secondary N) is 1. The van der Waals surface area contributed by atoms with Crippen LogP contribution < -0.4 is 5.32 Å². The van der Waals surface area contributed by atoms with Crippen molar-refractivity contribution in [1.82, 2.24) is 4.90 Å². The maximum atomic E-state index is 12.3. The lowest BCUT2D eigenvalue weighted by molar-refractivity contribution is -0.120. The Morgan fingerprint density at radius 1 is 1.45 bits per heavy atom. The summed E-state index contributed by atoms with van der Waals surface area (Å²) in [6.45, 7) is 8.89. The molecule has 1 amide bonds. The van der Waals surface area contributed by atoms with E-state index in [-0.39, 0.29) is 18.6 Å². The van der Waals surface area contributed by atoms with Crippen molar-refractivity contribution >= 4 is 23.2 Å². The fourth-order valence-corrected chi connectivity index (χ4v) is 2.59. The van der Waals surface area contributed by atoms with Gasteiger partial charge in [0.2, 0.25) is 5.91 Å². The Bertz CT molecular complexity index is 454. The number of hydrogen-bond acceptors (Lipinski definition) is 3. The van der Waals surface area contributed by atoms with Gasteiger partial charge in [0, 0.05) is 6.54 Å². The molecule has 0 bridgehead atoms. The first-order valence-corrected chi connectivity index (χ1v) is 7.21. The maximum absolute atomic E-state index is 12.3. The summed E-state index contributed by atoms with van der Waals surface area (Å²) in [6, 6.07) is 3.50. The molecule has 0 spiro atoms. The molecular formula is C15H23ClN2O2. The monoisotopic (exact) mass is 298 g/mol. The number of amides is 1. The summed E-state index contributed by atoms with van der Waals surface area (Å²) in [7, 11) is 0. The molecule has 1 aromatic carbocycles. The van der Waals surface area contributed by atoms with Gasteiger partial charge in [0.15, 0.2) is 0 Å². The van der Waals surface area contributed by atoms with Crippen LogP contribution in [0.1, 0.15) is 25.0 Å². The Morgan fingerprint density at radius 2 is 2.10 bits per heavy atom. The minimum absolute atomic E-state index is 0.0375. The van der Waals surface area contributed by atoms with E-state index in [2.05, 4.69) is 5.32 Å². The van der Waals surface area contributed by atoms with E-state index in [4.69, 9.17) is 16.7 Å². The summed E-state index contributed by atoms with van der Waals surface area (Å²) < 4.78 is 0. The standard InChI is InChI=1S/C15H23ClN2O2/c1-5-18(6-7-19)12(4)15(20)17-14-11(3)8-10(2)9-13(14)16/h8-9,12,19H,5-7H2,1-4H3,(H,17,20). The van der Waals surface area contributed by atoms with Crippen LogP contribution in [0.4, 0.5) is 5.69 Å². The van der Waals surface area contributed by atoms with E-state index in [9.17, 15) is 4.79 Å². The number of likely N-dealkylation sites (N-methyl/N-ethyl adjacent to an activating group) is 1. The van der Waals surface area contributed by atoms with Crippen LogP contribution in [-0.2, 0) is 4.79 Å². The molecule has 0 aliphatic rings. The molecule has 20 heavy (non-hydrogen) atoms. The SMILES string of the molecule is CCN(CCO)C(C)C(=O)Nc1c(C)cc(C)cc1Cl. The number of anilines is 1. The average molecular weight is 299 g/mol. The second-order valence-corrected chi connectivity index (χ2v) is 5.36. The number of carbonyl (C=O) groups is 1. The molecular weight excluding hydrogens is 276 g/mol. The first-order valence-electron chi connectivity index (χ1n) is 6.83. The molecule has 0 aromatic heterocycles. The topological polar surface area (TPSA) is 52.6 Å². The van der Waals surface area contributed by atoms with Crippen LogP contribution in [0.3, 0.4) is 0 Å². The van der Waals surface area contributed by atoms with Crippen LogP contribution >= 0.6 is 11.6 Å². The van der Waals surface area contributed by atoms with Gasteiger partial charge in [0.1, 0.15) is 0 Å². The van der Waals surface area contributed by atoms with Crippen LogP contribution in [0.5, 0.6) is 0 Å². The van der Waals surface area contributed by atoms with Gasteiger partial charge in [0.25, 0.3) is 0 Å². The molecule has 1 atom stereocenters. The first kappa shape index (κ1) is 17.0. The summed E-state index contributed by atoms with van der Waals surface area (Å²) in [6.07, 6.45) is 0. The van der Waals surface area contributed by atoms with Crippen molar-refractivity contribution in [1.29, 1.82) is 0 Å². The zero-order valence-corrected chi connectivity index (χ0v) is 13.3. The second kappa shape index (κ2) is 7.62. The first-order chi connectivity index (χ1) is 9.40. The van der Waals surface area contributed by atoms with E-state index in [1.54, 1.807) is 0 Å². The Morgan fingerprint density at radius 3 is 2.60 bits per heavy atom. The third-order valence-electron chi connectivity index (χ3n) is 3.40. The summed E-state index contributed by atoms with van der Waals surface area (Å²) in [5, 5.41) is 12.4. The molecule has 0 heterocycles. The molecule has 2 N–H and O–H groups in total. The van der Waals surface area contributed by atoms with E-state index >= 15 is 0 Å². The van der Waals surface area contributed by atoms with E-state index in [0.29, 0.717) is 23.8 Å². The maximum Gasteiger partial charge on any atom is 0.241 e. The molecule has 0 saturated carbocycles. The smallest absolute Gasteiger partial charge is 0.241 e. The van der Waals surface area contributed by atoms with Crippen molar-refractivity contribution in [3.63, 3.8) is 0 Å². The van der Waals surface area contributed by atoms with E-state index in [1.165, 1.54) is 0 Å². The Hall–Kier alpha value is -1.10. The van der Waals surface area contributed by atoms with Crippen molar-refractivity contribution in [3.05, 3.63) is 28.3 Å². The molecule has 0 aliphatic carbocycles. The number of aliphatic hydroxyl groups is 1. The third kappa shape index (κ3) is 4.20. The molecule has 112 valence electrons. The number of benzene rings is 1. The molecule has 5 heteroatoms. The second-order valence-electron chi connectivity index (χ2n) is 4.96. The lowest BCUT2D eigenvalue weighted by Gasteiger charge is -2.26. The number of rotatable bonds is 6. The molecule has 0 saturated heterocycles. The largest absolute Gasteiger partial charge is 0.395 e. The molecule has 1 aromatic rings. The number of hydrogen-bond donors (Lipinski definition) is 2. The van der Waals surface area contributed by atoms with Gasteiger partial charge >= 0.3 is 0 Å². The van der Waals surface area contributed by atoms with Gasteiger partial charge in [-0.25, -0.2) is 0 Å². The van der Waals surface area contributed by atoms with E-state index < -0.39 is 0 Å². The van der Waals surface area contributed by atoms with Gasteiger partial charge in [-0.3, -0.25) is 9.69 Å². The van der Waals surface area contributed by atoms with Crippen LogP contribution in [0.15, 0.2) is 12.1 Å². The molecule has 0 fully saturated rings. The van der Waals surface area contributed by atoms with Gasteiger partial charge in [-0.05, 0) is 44.5 Å². The summed E-state index contributed by atoms with van der Waals surface area (Å²) in [5.41, 5.74) is 2.67. The Kier molecular flexibility index (Phi) is 6.46. The average Bonchev–Trinajstić information content (AvgIpc) is 2.39. The van der Waals surface area contributed by atoms with Crippen molar-refractivity contribution in [2.75, 3.05) is 25.0 Å². The summed E-state index contributed by atoms with van der Waals surface area (Å²) in [4.78, 5) is 14.2. The van der Waals surface area contributed by atoms with Gasteiger partial charge < -0.3 is 10.4 Å². The van der Waals surface area contributed by atoms with Crippen molar-refractivity contribution in [3.8, 4) is 0 Å².